The number of hydrogen-bond acceptors (Lipinski definition) is 4. The standard InChI is InChI=1S/C12H8Cl2F2N2O2/c1-19-7-3-2-6(4-8(7)20-12(15)16)11-17-9(13)5-10(14)18-11/h2-5,12H,1H3. The predicted molar refractivity (Wildman–Crippen MR) is 70.7 cm³/mol. The van der Waals surface area contributed by atoms with Crippen LogP contribution < -0.4 is 9.47 Å². The number of benzene rings is 1. The molecular weight excluding hydrogens is 313 g/mol. The molecule has 2 rings (SSSR count). The second kappa shape index (κ2) is 6.19. The van der Waals surface area contributed by atoms with Crippen LogP contribution in [0.3, 0.4) is 0 Å². The van der Waals surface area contributed by atoms with Gasteiger partial charge in [-0.25, -0.2) is 9.97 Å². The van der Waals surface area contributed by atoms with Crippen molar-refractivity contribution in [3.63, 3.8) is 0 Å². The zero-order valence-corrected chi connectivity index (χ0v) is 11.6. The molecule has 0 atom stereocenters. The maximum absolute atomic E-state index is 12.3. The Hall–Kier alpha value is -1.66. The molecule has 0 saturated carbocycles. The zero-order valence-electron chi connectivity index (χ0n) is 10.1. The Morgan fingerprint density at radius 2 is 1.70 bits per heavy atom. The molecule has 106 valence electrons. The fourth-order valence-corrected chi connectivity index (χ4v) is 1.95. The fourth-order valence-electron chi connectivity index (χ4n) is 1.52. The van der Waals surface area contributed by atoms with Gasteiger partial charge in [-0.15, -0.1) is 0 Å². The number of alkyl halides is 2. The first kappa shape index (κ1) is 14.7. The average molecular weight is 321 g/mol. The molecule has 0 bridgehead atoms. The summed E-state index contributed by atoms with van der Waals surface area (Å²) in [7, 11) is 1.35. The van der Waals surface area contributed by atoms with Gasteiger partial charge in [0.2, 0.25) is 0 Å². The summed E-state index contributed by atoms with van der Waals surface area (Å²) < 4.78 is 34.0. The highest BCUT2D eigenvalue weighted by Gasteiger charge is 2.13. The monoisotopic (exact) mass is 320 g/mol. The smallest absolute Gasteiger partial charge is 0.387 e. The molecule has 8 heteroatoms. The van der Waals surface area contributed by atoms with E-state index in [1.807, 2.05) is 0 Å². The molecule has 0 fully saturated rings. The molecule has 20 heavy (non-hydrogen) atoms. The molecule has 0 aliphatic carbocycles. The molecule has 2 aromatic rings. The van der Waals surface area contributed by atoms with Crippen LogP contribution in [0.25, 0.3) is 11.4 Å². The quantitative estimate of drug-likeness (QED) is 0.797. The summed E-state index contributed by atoms with van der Waals surface area (Å²) in [6.45, 7) is -2.97. The lowest BCUT2D eigenvalue weighted by atomic mass is 10.2. The van der Waals surface area contributed by atoms with E-state index in [4.69, 9.17) is 27.9 Å². The van der Waals surface area contributed by atoms with Gasteiger partial charge in [-0.2, -0.15) is 8.78 Å². The molecule has 0 spiro atoms. The summed E-state index contributed by atoms with van der Waals surface area (Å²) in [6, 6.07) is 5.74. The predicted octanol–water partition coefficient (Wildman–Crippen LogP) is 4.06. The SMILES string of the molecule is COc1ccc(-c2nc(Cl)cc(Cl)n2)cc1OC(F)F. The minimum absolute atomic E-state index is 0.125. The third-order valence-corrected chi connectivity index (χ3v) is 2.69. The summed E-state index contributed by atoms with van der Waals surface area (Å²) >= 11 is 11.5. The normalized spacial score (nSPS) is 10.7. The lowest BCUT2D eigenvalue weighted by Crippen LogP contribution is -2.04. The maximum atomic E-state index is 12.3. The van der Waals surface area contributed by atoms with Gasteiger partial charge in [-0.3, -0.25) is 0 Å². The molecule has 4 nitrogen and oxygen atoms in total. The molecule has 0 aliphatic rings. The molecule has 0 unspecified atom stereocenters. The number of aromatic nitrogens is 2. The van der Waals surface area contributed by atoms with Gasteiger partial charge >= 0.3 is 6.61 Å². The Bertz CT molecular complexity index is 606. The van der Waals surface area contributed by atoms with Crippen LogP contribution in [0, 0.1) is 0 Å². The lowest BCUT2D eigenvalue weighted by molar-refractivity contribution is -0.0511. The first-order chi connectivity index (χ1) is 9.49. The van der Waals surface area contributed by atoms with Crippen LogP contribution in [-0.4, -0.2) is 23.7 Å². The molecular formula is C12H8Cl2F2N2O2. The summed E-state index contributed by atoms with van der Waals surface area (Å²) in [5.41, 5.74) is 0.422. The highest BCUT2D eigenvalue weighted by molar-refractivity contribution is 6.33. The summed E-state index contributed by atoms with van der Waals surface area (Å²) in [5, 5.41) is 0.291. The van der Waals surface area contributed by atoms with Crippen molar-refractivity contribution >= 4 is 23.2 Å². The third kappa shape index (κ3) is 3.46. The van der Waals surface area contributed by atoms with E-state index < -0.39 is 6.61 Å². The van der Waals surface area contributed by atoms with Crippen molar-refractivity contribution in [3.05, 3.63) is 34.6 Å². The number of halogens is 4. The zero-order chi connectivity index (χ0) is 14.7. The van der Waals surface area contributed by atoms with E-state index in [0.29, 0.717) is 5.56 Å². The van der Waals surface area contributed by atoms with Gasteiger partial charge < -0.3 is 9.47 Å². The van der Waals surface area contributed by atoms with Gasteiger partial charge in [-0.1, -0.05) is 23.2 Å². The van der Waals surface area contributed by atoms with Crippen LogP contribution in [0.2, 0.25) is 10.3 Å². The van der Waals surface area contributed by atoms with Crippen molar-refractivity contribution in [2.75, 3.05) is 7.11 Å². The van der Waals surface area contributed by atoms with Crippen molar-refractivity contribution in [2.45, 2.75) is 6.61 Å². The Morgan fingerprint density at radius 1 is 1.05 bits per heavy atom. The molecule has 1 aromatic carbocycles. The summed E-state index contributed by atoms with van der Waals surface area (Å²) in [6.07, 6.45) is 0. The number of hydrogen-bond donors (Lipinski definition) is 0. The van der Waals surface area contributed by atoms with E-state index in [-0.39, 0.29) is 27.6 Å². The van der Waals surface area contributed by atoms with E-state index in [0.717, 1.165) is 0 Å². The van der Waals surface area contributed by atoms with E-state index in [9.17, 15) is 8.78 Å². The molecule has 0 aliphatic heterocycles. The van der Waals surface area contributed by atoms with Crippen molar-refractivity contribution in [1.82, 2.24) is 9.97 Å². The molecule has 0 N–H and O–H groups in total. The molecule has 0 saturated heterocycles. The molecule has 0 amide bonds. The third-order valence-electron chi connectivity index (χ3n) is 2.30. The topological polar surface area (TPSA) is 44.2 Å². The Kier molecular flexibility index (Phi) is 4.57. The van der Waals surface area contributed by atoms with E-state index >= 15 is 0 Å². The first-order valence-electron chi connectivity index (χ1n) is 5.33. The lowest BCUT2D eigenvalue weighted by Gasteiger charge is -2.11. The van der Waals surface area contributed by atoms with Crippen molar-refractivity contribution in [3.8, 4) is 22.9 Å². The van der Waals surface area contributed by atoms with Gasteiger partial charge in [0.25, 0.3) is 0 Å². The second-order valence-electron chi connectivity index (χ2n) is 3.58. The van der Waals surface area contributed by atoms with Crippen LogP contribution >= 0.6 is 23.2 Å². The van der Waals surface area contributed by atoms with Gasteiger partial charge in [-0.05, 0) is 18.2 Å². The van der Waals surface area contributed by atoms with E-state index in [1.54, 1.807) is 6.07 Å². The van der Waals surface area contributed by atoms with Gasteiger partial charge in [0.05, 0.1) is 7.11 Å². The number of rotatable bonds is 4. The molecule has 1 aromatic heterocycles. The van der Waals surface area contributed by atoms with Crippen LogP contribution in [0.15, 0.2) is 24.3 Å². The minimum Gasteiger partial charge on any atom is -0.493 e. The Labute approximate surface area is 123 Å². The maximum Gasteiger partial charge on any atom is 0.387 e. The minimum atomic E-state index is -2.97. The van der Waals surface area contributed by atoms with Crippen molar-refractivity contribution in [2.24, 2.45) is 0 Å². The Morgan fingerprint density at radius 3 is 2.25 bits per heavy atom. The number of methoxy groups -OCH3 is 1. The number of ether oxygens (including phenoxy) is 2. The van der Waals surface area contributed by atoms with Crippen LogP contribution in [0.1, 0.15) is 0 Å². The molecule has 0 radical (unpaired) electrons. The van der Waals surface area contributed by atoms with E-state index in [1.165, 1.54) is 25.3 Å². The fraction of sp³-hybridized carbons (Fsp3) is 0.167. The second-order valence-corrected chi connectivity index (χ2v) is 4.36. The van der Waals surface area contributed by atoms with Gasteiger partial charge in [0.15, 0.2) is 17.3 Å². The van der Waals surface area contributed by atoms with Crippen LogP contribution in [0.5, 0.6) is 11.5 Å². The largest absolute Gasteiger partial charge is 0.493 e. The molecule has 1 heterocycles. The highest BCUT2D eigenvalue weighted by Crippen LogP contribution is 2.33. The van der Waals surface area contributed by atoms with Crippen LogP contribution in [-0.2, 0) is 0 Å². The van der Waals surface area contributed by atoms with E-state index in [2.05, 4.69) is 14.7 Å². The van der Waals surface area contributed by atoms with Gasteiger partial charge in [0, 0.05) is 11.6 Å². The summed E-state index contributed by atoms with van der Waals surface area (Å²) in [4.78, 5) is 7.93. The summed E-state index contributed by atoms with van der Waals surface area (Å²) in [5.74, 6) is 0.242. The van der Waals surface area contributed by atoms with Gasteiger partial charge in [0.1, 0.15) is 10.3 Å². The van der Waals surface area contributed by atoms with Crippen LogP contribution in [0.4, 0.5) is 8.78 Å². The van der Waals surface area contributed by atoms with Crippen molar-refractivity contribution in [1.29, 1.82) is 0 Å². The number of nitrogens with zero attached hydrogens (tertiary/aromatic N) is 2. The average Bonchev–Trinajstić information content (AvgIpc) is 2.36. The first-order valence-corrected chi connectivity index (χ1v) is 6.08. The Balaban J connectivity index is 2.46. The van der Waals surface area contributed by atoms with Crippen molar-refractivity contribution < 1.29 is 18.3 Å². The highest BCUT2D eigenvalue weighted by atomic mass is 35.5.